The van der Waals surface area contributed by atoms with Gasteiger partial charge in [0.2, 0.25) is 5.91 Å². The second-order valence-corrected chi connectivity index (χ2v) is 7.12. The fraction of sp³-hybridized carbons (Fsp3) is 0.917. The highest BCUT2D eigenvalue weighted by Crippen LogP contribution is 2.62. The van der Waals surface area contributed by atoms with E-state index in [0.717, 1.165) is 18.1 Å². The van der Waals surface area contributed by atoms with Crippen molar-refractivity contribution in [3.8, 4) is 0 Å². The van der Waals surface area contributed by atoms with Gasteiger partial charge in [-0.15, -0.1) is 0 Å². The van der Waals surface area contributed by atoms with Crippen LogP contribution in [0, 0.1) is 10.8 Å². The average Bonchev–Trinajstić information content (AvgIpc) is 2.62. The van der Waals surface area contributed by atoms with E-state index >= 15 is 0 Å². The molecule has 4 heteroatoms. The Kier molecular flexibility index (Phi) is 2.99. The fourth-order valence-electron chi connectivity index (χ4n) is 2.53. The normalized spacial score (nSPS) is 32.1. The maximum absolute atomic E-state index is 12.0. The van der Waals surface area contributed by atoms with Crippen molar-refractivity contribution in [3.05, 3.63) is 0 Å². The van der Waals surface area contributed by atoms with Crippen LogP contribution in [0.5, 0.6) is 0 Å². The van der Waals surface area contributed by atoms with Crippen LogP contribution >= 0.6 is 11.8 Å². The Labute approximate surface area is 102 Å². The molecule has 1 atom stereocenters. The van der Waals surface area contributed by atoms with Crippen LogP contribution in [0.15, 0.2) is 0 Å². The predicted octanol–water partition coefficient (Wildman–Crippen LogP) is 1.24. The maximum atomic E-state index is 12.0. The van der Waals surface area contributed by atoms with Crippen LogP contribution in [0.1, 0.15) is 27.7 Å². The molecule has 0 spiro atoms. The average molecular weight is 242 g/mol. The van der Waals surface area contributed by atoms with Gasteiger partial charge in [-0.1, -0.05) is 27.7 Å². The van der Waals surface area contributed by atoms with Crippen LogP contribution in [0.3, 0.4) is 0 Å². The van der Waals surface area contributed by atoms with Gasteiger partial charge in [-0.05, 0) is 10.8 Å². The summed E-state index contributed by atoms with van der Waals surface area (Å²) in [5.74, 6) is 2.19. The number of amides is 1. The Morgan fingerprint density at radius 1 is 1.31 bits per heavy atom. The zero-order valence-electron chi connectivity index (χ0n) is 10.6. The van der Waals surface area contributed by atoms with Crippen molar-refractivity contribution in [1.29, 1.82) is 0 Å². The summed E-state index contributed by atoms with van der Waals surface area (Å²) in [6, 6.07) is 0.326. The molecule has 2 N–H and O–H groups in total. The monoisotopic (exact) mass is 242 g/mol. The van der Waals surface area contributed by atoms with E-state index in [1.54, 1.807) is 0 Å². The van der Waals surface area contributed by atoms with E-state index in [9.17, 15) is 4.79 Å². The number of rotatable bonds is 2. The summed E-state index contributed by atoms with van der Waals surface area (Å²) in [4.78, 5) is 12.0. The van der Waals surface area contributed by atoms with Crippen LogP contribution in [0.2, 0.25) is 0 Å². The first-order valence-corrected chi connectivity index (χ1v) is 7.14. The number of hydrogen-bond acceptors (Lipinski definition) is 3. The molecule has 1 saturated carbocycles. The summed E-state index contributed by atoms with van der Waals surface area (Å²) in [6.07, 6.45) is 0. The summed E-state index contributed by atoms with van der Waals surface area (Å²) in [6.45, 7) is 9.84. The molecular weight excluding hydrogens is 220 g/mol. The first-order chi connectivity index (χ1) is 7.37. The van der Waals surface area contributed by atoms with Crippen molar-refractivity contribution >= 4 is 17.7 Å². The highest BCUT2D eigenvalue weighted by Gasteiger charge is 2.65. The lowest BCUT2D eigenvalue weighted by molar-refractivity contribution is -0.123. The van der Waals surface area contributed by atoms with Crippen LogP contribution < -0.4 is 10.6 Å². The third-order valence-electron chi connectivity index (χ3n) is 4.55. The summed E-state index contributed by atoms with van der Waals surface area (Å²) in [5, 5.41) is 6.46. The molecule has 2 rings (SSSR count). The second-order valence-electron chi connectivity index (χ2n) is 5.97. The van der Waals surface area contributed by atoms with Crippen molar-refractivity contribution in [2.75, 3.05) is 18.1 Å². The van der Waals surface area contributed by atoms with E-state index in [2.05, 4.69) is 38.3 Å². The van der Waals surface area contributed by atoms with Crippen LogP contribution in [-0.2, 0) is 4.79 Å². The SMILES string of the molecule is CC1(C)C(NC(=O)C2CSCCN2)C1(C)C. The van der Waals surface area contributed by atoms with Gasteiger partial charge in [-0.3, -0.25) is 4.79 Å². The summed E-state index contributed by atoms with van der Waals surface area (Å²) < 4.78 is 0. The molecule has 1 aliphatic carbocycles. The van der Waals surface area contributed by atoms with Crippen molar-refractivity contribution in [2.24, 2.45) is 10.8 Å². The van der Waals surface area contributed by atoms with Gasteiger partial charge < -0.3 is 10.6 Å². The number of nitrogens with one attached hydrogen (secondary N) is 2. The van der Waals surface area contributed by atoms with Gasteiger partial charge in [0, 0.05) is 24.1 Å². The standard InChI is InChI=1S/C12H22N2OS/c1-11(2)10(12(11,3)4)14-9(15)8-7-16-6-5-13-8/h8,10,13H,5-7H2,1-4H3,(H,14,15). The smallest absolute Gasteiger partial charge is 0.238 e. The molecular formula is C12H22N2OS. The molecule has 0 radical (unpaired) electrons. The minimum Gasteiger partial charge on any atom is -0.351 e. The summed E-state index contributed by atoms with van der Waals surface area (Å²) in [7, 11) is 0. The van der Waals surface area contributed by atoms with E-state index < -0.39 is 0 Å². The molecule has 1 unspecified atom stereocenters. The molecule has 1 amide bonds. The maximum Gasteiger partial charge on any atom is 0.238 e. The molecule has 92 valence electrons. The minimum atomic E-state index is 0.00551. The Bertz CT molecular complexity index is 281. The van der Waals surface area contributed by atoms with E-state index in [-0.39, 0.29) is 22.8 Å². The number of carbonyl (C=O) groups is 1. The summed E-state index contributed by atoms with van der Waals surface area (Å²) in [5.41, 5.74) is 0.453. The van der Waals surface area contributed by atoms with E-state index in [1.807, 2.05) is 11.8 Å². The van der Waals surface area contributed by atoms with Crippen LogP contribution in [0.4, 0.5) is 0 Å². The molecule has 2 fully saturated rings. The van der Waals surface area contributed by atoms with Crippen molar-refractivity contribution in [3.63, 3.8) is 0 Å². The molecule has 1 saturated heterocycles. The molecule has 0 aromatic rings. The quantitative estimate of drug-likeness (QED) is 0.765. The third-order valence-corrected chi connectivity index (χ3v) is 5.61. The van der Waals surface area contributed by atoms with E-state index in [4.69, 9.17) is 0 Å². The highest BCUT2D eigenvalue weighted by molar-refractivity contribution is 7.99. The predicted molar refractivity (Wildman–Crippen MR) is 68.6 cm³/mol. The number of carbonyl (C=O) groups excluding carboxylic acids is 1. The zero-order chi connectivity index (χ0) is 12.0. The van der Waals surface area contributed by atoms with Crippen LogP contribution in [0.25, 0.3) is 0 Å². The molecule has 0 aromatic carbocycles. The Morgan fingerprint density at radius 2 is 1.94 bits per heavy atom. The van der Waals surface area contributed by atoms with Gasteiger partial charge in [-0.2, -0.15) is 11.8 Å². The van der Waals surface area contributed by atoms with Gasteiger partial charge in [0.15, 0.2) is 0 Å². The molecule has 0 aromatic heterocycles. The second kappa shape index (κ2) is 3.91. The zero-order valence-corrected chi connectivity index (χ0v) is 11.4. The van der Waals surface area contributed by atoms with Crippen molar-refractivity contribution in [2.45, 2.75) is 39.8 Å². The molecule has 2 aliphatic rings. The lowest BCUT2D eigenvalue weighted by Crippen LogP contribution is -2.50. The van der Waals surface area contributed by atoms with Gasteiger partial charge in [0.05, 0.1) is 6.04 Å². The Morgan fingerprint density at radius 3 is 2.38 bits per heavy atom. The highest BCUT2D eigenvalue weighted by atomic mass is 32.2. The minimum absolute atomic E-state index is 0.00551. The fourth-order valence-corrected chi connectivity index (χ4v) is 3.47. The Hall–Kier alpha value is -0.220. The van der Waals surface area contributed by atoms with Gasteiger partial charge in [-0.25, -0.2) is 0 Å². The van der Waals surface area contributed by atoms with Gasteiger partial charge >= 0.3 is 0 Å². The Balaban J connectivity index is 1.89. The van der Waals surface area contributed by atoms with E-state index in [1.165, 1.54) is 0 Å². The van der Waals surface area contributed by atoms with Crippen molar-refractivity contribution < 1.29 is 4.79 Å². The molecule has 3 nitrogen and oxygen atoms in total. The molecule has 1 heterocycles. The van der Waals surface area contributed by atoms with Gasteiger partial charge in [0.1, 0.15) is 0 Å². The molecule has 16 heavy (non-hydrogen) atoms. The molecule has 1 aliphatic heterocycles. The van der Waals surface area contributed by atoms with E-state index in [0.29, 0.717) is 6.04 Å². The topological polar surface area (TPSA) is 41.1 Å². The lowest BCUT2D eigenvalue weighted by Gasteiger charge is -2.22. The number of hydrogen-bond donors (Lipinski definition) is 2. The largest absolute Gasteiger partial charge is 0.351 e. The number of thioether (sulfide) groups is 1. The van der Waals surface area contributed by atoms with Gasteiger partial charge in [0.25, 0.3) is 0 Å². The first kappa shape index (κ1) is 12.2. The first-order valence-electron chi connectivity index (χ1n) is 5.99. The third kappa shape index (κ3) is 1.86. The van der Waals surface area contributed by atoms with Crippen LogP contribution in [-0.4, -0.2) is 36.0 Å². The van der Waals surface area contributed by atoms with Crippen molar-refractivity contribution in [1.82, 2.24) is 10.6 Å². The summed E-state index contributed by atoms with van der Waals surface area (Å²) >= 11 is 1.86. The lowest BCUT2D eigenvalue weighted by atomic mass is 10.0. The molecule has 0 bridgehead atoms.